The van der Waals surface area contributed by atoms with Crippen molar-refractivity contribution in [2.45, 2.75) is 18.1 Å². The van der Waals surface area contributed by atoms with E-state index in [1.165, 1.54) is 0 Å². The number of benzene rings is 1. The normalized spacial score (nSPS) is 10.9. The van der Waals surface area contributed by atoms with Crippen LogP contribution in [0.25, 0.3) is 0 Å². The molecule has 0 saturated heterocycles. The molecule has 114 valence electrons. The third-order valence-corrected chi connectivity index (χ3v) is 3.80. The standard InChI is InChI=1S/C14H14BrF2NO2S/c1-19-13-5-9(15)4-10(6-13)18-7-11-2-3-12(20-11)8-21-14(16)17/h2-6,14,18H,7-8H2,1H3. The minimum atomic E-state index is -2.38. The summed E-state index contributed by atoms with van der Waals surface area (Å²) in [6.45, 7) is 0.471. The lowest BCUT2D eigenvalue weighted by Gasteiger charge is -2.08. The number of rotatable bonds is 7. The van der Waals surface area contributed by atoms with Crippen molar-refractivity contribution < 1.29 is 17.9 Å². The Bertz CT molecular complexity index is 592. The van der Waals surface area contributed by atoms with Gasteiger partial charge in [0.1, 0.15) is 17.3 Å². The molecule has 0 radical (unpaired) electrons. The summed E-state index contributed by atoms with van der Waals surface area (Å²) in [7, 11) is 1.60. The van der Waals surface area contributed by atoms with E-state index in [0.717, 1.165) is 15.9 Å². The molecule has 7 heteroatoms. The minimum absolute atomic E-state index is 0.169. The fourth-order valence-corrected chi connectivity index (χ4v) is 2.63. The summed E-state index contributed by atoms with van der Waals surface area (Å²) in [6.07, 6.45) is 0. The summed E-state index contributed by atoms with van der Waals surface area (Å²) in [6, 6.07) is 9.13. The maximum Gasteiger partial charge on any atom is 0.284 e. The van der Waals surface area contributed by atoms with Gasteiger partial charge in [0.05, 0.1) is 19.4 Å². The molecule has 0 bridgehead atoms. The second-order valence-corrected chi connectivity index (χ2v) is 6.07. The summed E-state index contributed by atoms with van der Waals surface area (Å²) in [5.74, 6) is -0.239. The van der Waals surface area contributed by atoms with E-state index in [-0.39, 0.29) is 5.75 Å². The lowest BCUT2D eigenvalue weighted by atomic mass is 10.3. The quantitative estimate of drug-likeness (QED) is 0.726. The van der Waals surface area contributed by atoms with Gasteiger partial charge in [0.25, 0.3) is 5.76 Å². The molecule has 0 atom stereocenters. The summed E-state index contributed by atoms with van der Waals surface area (Å²) in [4.78, 5) is 0. The van der Waals surface area contributed by atoms with Gasteiger partial charge < -0.3 is 14.5 Å². The Labute approximate surface area is 134 Å². The van der Waals surface area contributed by atoms with E-state index in [0.29, 0.717) is 29.8 Å². The zero-order chi connectivity index (χ0) is 15.2. The molecule has 3 nitrogen and oxygen atoms in total. The van der Waals surface area contributed by atoms with Gasteiger partial charge in [-0.25, -0.2) is 0 Å². The van der Waals surface area contributed by atoms with Gasteiger partial charge in [-0.05, 0) is 24.3 Å². The van der Waals surface area contributed by atoms with Crippen molar-refractivity contribution in [3.63, 3.8) is 0 Å². The molecular weight excluding hydrogens is 364 g/mol. The highest BCUT2D eigenvalue weighted by Crippen LogP contribution is 2.25. The van der Waals surface area contributed by atoms with E-state index in [9.17, 15) is 8.78 Å². The van der Waals surface area contributed by atoms with Crippen molar-refractivity contribution in [1.29, 1.82) is 0 Å². The zero-order valence-corrected chi connectivity index (χ0v) is 13.6. The summed E-state index contributed by atoms with van der Waals surface area (Å²) < 4.78 is 35.8. The Balaban J connectivity index is 1.92. The van der Waals surface area contributed by atoms with Crippen LogP contribution < -0.4 is 10.1 Å². The maximum absolute atomic E-state index is 12.1. The van der Waals surface area contributed by atoms with E-state index >= 15 is 0 Å². The molecule has 0 saturated carbocycles. The first-order chi connectivity index (χ1) is 10.1. The van der Waals surface area contributed by atoms with Gasteiger partial charge in [-0.2, -0.15) is 8.78 Å². The third-order valence-electron chi connectivity index (χ3n) is 2.64. The van der Waals surface area contributed by atoms with Gasteiger partial charge in [0, 0.05) is 16.2 Å². The smallest absolute Gasteiger partial charge is 0.284 e. The van der Waals surface area contributed by atoms with Gasteiger partial charge in [0.2, 0.25) is 0 Å². The predicted molar refractivity (Wildman–Crippen MR) is 84.0 cm³/mol. The molecule has 0 spiro atoms. The highest BCUT2D eigenvalue weighted by Gasteiger charge is 2.07. The van der Waals surface area contributed by atoms with E-state index in [2.05, 4.69) is 21.2 Å². The topological polar surface area (TPSA) is 34.4 Å². The molecule has 2 rings (SSSR count). The van der Waals surface area contributed by atoms with Crippen LogP contribution in [0.3, 0.4) is 0 Å². The van der Waals surface area contributed by atoms with Crippen molar-refractivity contribution in [3.8, 4) is 5.75 Å². The first-order valence-corrected chi connectivity index (χ1v) is 7.97. The Morgan fingerprint density at radius 1 is 1.29 bits per heavy atom. The number of halogens is 3. The van der Waals surface area contributed by atoms with Crippen molar-refractivity contribution >= 4 is 33.4 Å². The molecule has 0 aliphatic rings. The summed E-state index contributed by atoms with van der Waals surface area (Å²) in [5, 5.41) is 3.20. The molecule has 0 unspecified atom stereocenters. The van der Waals surface area contributed by atoms with Crippen LogP contribution >= 0.6 is 27.7 Å². The molecule has 0 fully saturated rings. The van der Waals surface area contributed by atoms with Crippen molar-refractivity contribution in [2.24, 2.45) is 0 Å². The molecule has 2 aromatic rings. The number of ether oxygens (including phenoxy) is 1. The molecule has 1 aromatic carbocycles. The molecule has 1 N–H and O–H groups in total. The van der Waals surface area contributed by atoms with Gasteiger partial charge in [-0.3, -0.25) is 0 Å². The van der Waals surface area contributed by atoms with Crippen LogP contribution in [0.15, 0.2) is 39.2 Å². The molecule has 1 heterocycles. The van der Waals surface area contributed by atoms with Crippen LogP contribution in [-0.4, -0.2) is 12.9 Å². The maximum atomic E-state index is 12.1. The van der Waals surface area contributed by atoms with Crippen LogP contribution in [-0.2, 0) is 12.3 Å². The number of furan rings is 1. The highest BCUT2D eigenvalue weighted by atomic mass is 79.9. The number of thioether (sulfide) groups is 1. The number of nitrogens with one attached hydrogen (secondary N) is 1. The molecule has 1 aromatic heterocycles. The zero-order valence-electron chi connectivity index (χ0n) is 11.2. The summed E-state index contributed by atoms with van der Waals surface area (Å²) in [5.41, 5.74) is 0.876. The van der Waals surface area contributed by atoms with Crippen LogP contribution in [0, 0.1) is 0 Å². The Morgan fingerprint density at radius 2 is 2.05 bits per heavy atom. The Hall–Kier alpha value is -1.21. The Kier molecular flexibility index (Phi) is 5.93. The number of hydrogen-bond donors (Lipinski definition) is 1. The SMILES string of the molecule is COc1cc(Br)cc(NCc2ccc(CSC(F)F)o2)c1. The van der Waals surface area contributed by atoms with Crippen LogP contribution in [0.4, 0.5) is 14.5 Å². The van der Waals surface area contributed by atoms with Gasteiger partial charge in [0.15, 0.2) is 0 Å². The van der Waals surface area contributed by atoms with E-state index in [1.54, 1.807) is 19.2 Å². The number of hydrogen-bond acceptors (Lipinski definition) is 4. The molecule has 0 aliphatic carbocycles. The second-order valence-electron chi connectivity index (χ2n) is 4.17. The molecule has 0 aliphatic heterocycles. The van der Waals surface area contributed by atoms with Crippen molar-refractivity contribution in [3.05, 3.63) is 46.3 Å². The van der Waals surface area contributed by atoms with Gasteiger partial charge in [-0.15, -0.1) is 0 Å². The number of alkyl halides is 2. The van der Waals surface area contributed by atoms with Crippen LogP contribution in [0.1, 0.15) is 11.5 Å². The van der Waals surface area contributed by atoms with Crippen molar-refractivity contribution in [2.75, 3.05) is 12.4 Å². The minimum Gasteiger partial charge on any atom is -0.497 e. The summed E-state index contributed by atoms with van der Waals surface area (Å²) >= 11 is 3.95. The Morgan fingerprint density at radius 3 is 2.76 bits per heavy atom. The fourth-order valence-electron chi connectivity index (χ4n) is 1.71. The monoisotopic (exact) mass is 377 g/mol. The third kappa shape index (κ3) is 5.24. The first-order valence-electron chi connectivity index (χ1n) is 6.12. The largest absolute Gasteiger partial charge is 0.497 e. The number of anilines is 1. The average molecular weight is 378 g/mol. The predicted octanol–water partition coefficient (Wildman–Crippen LogP) is 5.12. The van der Waals surface area contributed by atoms with E-state index < -0.39 is 5.76 Å². The first kappa shape index (κ1) is 16.2. The van der Waals surface area contributed by atoms with Crippen LogP contribution in [0.2, 0.25) is 0 Å². The van der Waals surface area contributed by atoms with Crippen LogP contribution in [0.5, 0.6) is 5.75 Å². The van der Waals surface area contributed by atoms with E-state index in [4.69, 9.17) is 9.15 Å². The lowest BCUT2D eigenvalue weighted by Crippen LogP contribution is -1.98. The number of methoxy groups -OCH3 is 1. The average Bonchev–Trinajstić information content (AvgIpc) is 2.90. The highest BCUT2D eigenvalue weighted by molar-refractivity contribution is 9.10. The molecule has 0 amide bonds. The fraction of sp³-hybridized carbons (Fsp3) is 0.286. The van der Waals surface area contributed by atoms with Gasteiger partial charge in [-0.1, -0.05) is 27.7 Å². The van der Waals surface area contributed by atoms with E-state index in [1.807, 2.05) is 18.2 Å². The van der Waals surface area contributed by atoms with Gasteiger partial charge >= 0.3 is 0 Å². The second kappa shape index (κ2) is 7.70. The van der Waals surface area contributed by atoms with Crippen molar-refractivity contribution in [1.82, 2.24) is 0 Å². The molecule has 21 heavy (non-hydrogen) atoms. The molecular formula is C14H14BrF2NO2S. The lowest BCUT2D eigenvalue weighted by molar-refractivity contribution is 0.251.